The van der Waals surface area contributed by atoms with Gasteiger partial charge in [0.2, 0.25) is 0 Å². The lowest BCUT2D eigenvalue weighted by Gasteiger charge is -2.17. The molecule has 5 rings (SSSR count). The van der Waals surface area contributed by atoms with Crippen LogP contribution in [0.3, 0.4) is 0 Å². The predicted molar refractivity (Wildman–Crippen MR) is 476 cm³/mol. The van der Waals surface area contributed by atoms with Crippen LogP contribution in [0.5, 0.6) is 0 Å². The Morgan fingerprint density at radius 1 is 0.476 bits per heavy atom. The lowest BCUT2D eigenvalue weighted by Crippen LogP contribution is -2.22. The number of nitrogens with one attached hydrogen (secondary N) is 1. The number of rotatable bonds is 22. The number of aliphatic hydroxyl groups excluding tert-OH is 1. The van der Waals surface area contributed by atoms with Gasteiger partial charge in [-0.1, -0.05) is 383 Å². The molecule has 0 saturated heterocycles. The molecule has 0 saturated carbocycles. The fraction of sp³-hybridized carbons (Fsp3) is 0.705. The number of aliphatic hydroxyl groups is 1. The highest BCUT2D eigenvalue weighted by atomic mass is 16.3. The monoisotopic (exact) mass is 1440 g/mol. The van der Waals surface area contributed by atoms with E-state index in [-0.39, 0.29) is 5.96 Å². The summed E-state index contributed by atoms with van der Waals surface area (Å²) in [5, 5.41) is 9.52. The van der Waals surface area contributed by atoms with Crippen LogP contribution >= 0.6 is 0 Å². The van der Waals surface area contributed by atoms with Gasteiger partial charge in [0.1, 0.15) is 0 Å². The number of unbranched alkanes of at least 4 members (excludes halogenated alkanes) is 3. The van der Waals surface area contributed by atoms with Gasteiger partial charge in [0.15, 0.2) is 5.96 Å². The smallest absolute Gasteiger partial charge is 0.185 e. The summed E-state index contributed by atoms with van der Waals surface area (Å²) in [6, 6.07) is 30.2. The van der Waals surface area contributed by atoms with Crippen LogP contribution in [-0.2, 0) is 25.7 Å². The molecule has 0 fully saturated rings. The van der Waals surface area contributed by atoms with Crippen molar-refractivity contribution in [3.8, 4) is 0 Å². The van der Waals surface area contributed by atoms with Crippen LogP contribution < -0.4 is 22.9 Å². The molecule has 0 bridgehead atoms. The van der Waals surface area contributed by atoms with Crippen LogP contribution in [0.25, 0.3) is 10.9 Å². The number of hydrogen-bond acceptors (Lipinski definition) is 5. The first-order valence-corrected chi connectivity index (χ1v) is 40.9. The van der Waals surface area contributed by atoms with Crippen LogP contribution in [0.2, 0.25) is 0 Å². The first kappa shape index (κ1) is 114. The van der Waals surface area contributed by atoms with Gasteiger partial charge < -0.3 is 33.0 Å². The number of para-hydroxylation sites is 1. The summed E-state index contributed by atoms with van der Waals surface area (Å²) in [5.41, 5.74) is 32.3. The standard InChI is InChI=1S/C12H15N.C12H18.C11H16.C10H15N.C8H18.C7H17N3.C7H16.C6H13N.C6H14.C5H13N.C4H10O.C4H10.C3H8/c1-9(2)7-10-8-13-12-6-4-3-5-11(10)12;1-10-5-7-11(8-6-10)9-12(2,3)4;1-9(2)8-11-6-4-10(3)5-7-11;1-10(2,3)7-9-5-4-6-11-8-9;1-4-5-6-7-8(2)3;1-6(2)4-3-5-10-7(8)9;1-4-5-6-7(2)3;1-5(2)4-6(3)7;1-4-5-6(2)3;1-5(2,3)4-6;1-4(2)3-5;1-4(2)3;1-3-2/h3-6,8-9,13H,7H2,1-2H3;5-8H,9H2,1-4H3;4-7,9H,8H2,1-3H3;4-6,8H,7H2,1-3H3;8H,4-7H2,1-3H3;6H,3-5H2,1-2H3,(H4,8,9,10);7H,4-6H2,1-3H3;5H,3-4,7H2,1-2H3;6H,4-5H2,1-3H3;4,6H2,1-3H3;4-5H,3H2,1-2H3;4H,1-3H3;3H2,1-2H3. The van der Waals surface area contributed by atoms with E-state index in [0.717, 1.165) is 92.3 Å². The summed E-state index contributed by atoms with van der Waals surface area (Å²) in [6.45, 7) is 82.2. The van der Waals surface area contributed by atoms with Crippen molar-refractivity contribution in [1.29, 1.82) is 0 Å². The normalized spacial score (nSPS) is 10.5. The van der Waals surface area contributed by atoms with E-state index in [1.807, 2.05) is 32.3 Å². The molecular weight excluding hydrogens is 1260 g/mol. The zero-order chi connectivity index (χ0) is 81.8. The van der Waals surface area contributed by atoms with E-state index in [4.69, 9.17) is 28.0 Å². The molecule has 0 spiro atoms. The number of nitrogens with two attached hydrogens (primary N) is 4. The van der Waals surface area contributed by atoms with Crippen molar-refractivity contribution in [3.63, 3.8) is 0 Å². The fourth-order valence-electron chi connectivity index (χ4n) is 8.59. The second-order valence-electron chi connectivity index (χ2n) is 35.9. The summed E-state index contributed by atoms with van der Waals surface area (Å²) in [4.78, 5) is 11.2. The Morgan fingerprint density at radius 2 is 0.874 bits per heavy atom. The molecule has 0 aliphatic heterocycles. The van der Waals surface area contributed by atoms with Crippen molar-refractivity contribution in [1.82, 2.24) is 9.97 Å². The third-order valence-corrected chi connectivity index (χ3v) is 13.6. The number of allylic oxidation sites excluding steroid dienone is 1. The Hall–Kier alpha value is -4.92. The minimum atomic E-state index is 0.198. The first-order valence-electron chi connectivity index (χ1n) is 40.9. The summed E-state index contributed by atoms with van der Waals surface area (Å²) in [6.07, 6.45) is 27.4. The van der Waals surface area contributed by atoms with Gasteiger partial charge in [0, 0.05) is 48.3 Å². The second kappa shape index (κ2) is 74.0. The zero-order valence-corrected chi connectivity index (χ0v) is 75.5. The molecule has 2 heterocycles. The van der Waals surface area contributed by atoms with Crippen molar-refractivity contribution >= 4 is 16.9 Å². The van der Waals surface area contributed by atoms with E-state index in [2.05, 4.69) is 335 Å². The van der Waals surface area contributed by atoms with Crippen molar-refractivity contribution in [2.75, 3.05) is 19.7 Å². The fourth-order valence-corrected chi connectivity index (χ4v) is 8.59. The highest BCUT2D eigenvalue weighted by Crippen LogP contribution is 2.23. The molecule has 103 heavy (non-hydrogen) atoms. The van der Waals surface area contributed by atoms with Gasteiger partial charge in [-0.2, -0.15) is 0 Å². The largest absolute Gasteiger partial charge is 0.403 e. The second-order valence-corrected chi connectivity index (χ2v) is 35.9. The summed E-state index contributed by atoms with van der Waals surface area (Å²) < 4.78 is 0. The molecule has 604 valence electrons. The van der Waals surface area contributed by atoms with E-state index in [1.54, 1.807) is 0 Å². The van der Waals surface area contributed by atoms with Crippen LogP contribution in [0, 0.1) is 83.4 Å². The lowest BCUT2D eigenvalue weighted by atomic mass is 9.88. The Labute approximate surface area is 646 Å². The van der Waals surface area contributed by atoms with Crippen molar-refractivity contribution < 1.29 is 5.11 Å². The summed E-state index contributed by atoms with van der Waals surface area (Å²) in [7, 11) is 0. The molecule has 0 aliphatic rings. The highest BCUT2D eigenvalue weighted by molar-refractivity contribution is 5.83. The van der Waals surface area contributed by atoms with Crippen LogP contribution in [0.15, 0.2) is 121 Å². The third kappa shape index (κ3) is 111. The van der Waals surface area contributed by atoms with Gasteiger partial charge in [0.05, 0.1) is 0 Å². The molecule has 5 aromatic rings. The number of benzene rings is 3. The number of fused-ring (bicyclic) bond motifs is 1. The molecule has 0 radical (unpaired) electrons. The number of aryl methyl sites for hydroxylation is 2. The number of nitrogens with zero attached hydrogens (tertiary/aromatic N) is 2. The van der Waals surface area contributed by atoms with Gasteiger partial charge in [0.25, 0.3) is 0 Å². The predicted octanol–water partition coefficient (Wildman–Crippen LogP) is 28.2. The number of aromatic nitrogens is 2. The molecule has 3 aromatic carbocycles. The average Bonchev–Trinajstić information content (AvgIpc) is 1.70. The van der Waals surface area contributed by atoms with Gasteiger partial charge >= 0.3 is 0 Å². The van der Waals surface area contributed by atoms with E-state index < -0.39 is 0 Å². The Morgan fingerprint density at radius 3 is 1.17 bits per heavy atom. The number of H-pyrrole nitrogens is 1. The van der Waals surface area contributed by atoms with Gasteiger partial charge in [-0.25, -0.2) is 0 Å². The van der Waals surface area contributed by atoms with E-state index in [1.165, 1.54) is 121 Å². The number of hydrogen-bond donors (Lipinski definition) is 6. The molecule has 8 nitrogen and oxygen atoms in total. The molecule has 0 amide bonds. The van der Waals surface area contributed by atoms with Crippen molar-refractivity contribution in [3.05, 3.63) is 149 Å². The highest BCUT2D eigenvalue weighted by Gasteiger charge is 2.12. The third-order valence-electron chi connectivity index (χ3n) is 13.6. The SMILES string of the molecule is C=C(N)CC(C)C.CC(C)(C)CN.CC(C)(C)Cc1cccnc1.CC(C)C.CC(C)CCCN=C(N)N.CC(C)CO.CC(C)Cc1c[nH]c2ccccc12.CCC.CCCC(C)C.CCCCC(C)C.CCCCCC(C)C.Cc1ccc(CC(C)(C)C)cc1.Cc1ccc(CC(C)C)cc1. The molecule has 10 N–H and O–H groups in total. The molecule has 2 aromatic heterocycles. The minimum Gasteiger partial charge on any atom is -0.403 e. The van der Waals surface area contributed by atoms with E-state index >= 15 is 0 Å². The topological polar surface area (TPSA) is 165 Å². The summed E-state index contributed by atoms with van der Waals surface area (Å²) in [5.74, 6) is 7.05. The maximum absolute atomic E-state index is 8.14. The molecule has 0 atom stereocenters. The van der Waals surface area contributed by atoms with Crippen molar-refractivity contribution in [2.45, 2.75) is 351 Å². The molecule has 8 heteroatoms. The lowest BCUT2D eigenvalue weighted by molar-refractivity contribution is 0.248. The van der Waals surface area contributed by atoms with Crippen molar-refractivity contribution in [2.24, 2.45) is 97.4 Å². The average molecular weight is 1440 g/mol. The van der Waals surface area contributed by atoms with Crippen LogP contribution in [0.4, 0.5) is 0 Å². The number of guanidine groups is 1. The maximum atomic E-state index is 8.14. The minimum absolute atomic E-state index is 0.198. The molecule has 0 aliphatic carbocycles. The van der Waals surface area contributed by atoms with Gasteiger partial charge in [-0.3, -0.25) is 9.98 Å². The van der Waals surface area contributed by atoms with E-state index in [9.17, 15) is 0 Å². The maximum Gasteiger partial charge on any atom is 0.185 e. The zero-order valence-electron chi connectivity index (χ0n) is 75.5. The number of aliphatic imine (C=N–C) groups is 1. The van der Waals surface area contributed by atoms with Crippen LogP contribution in [-0.4, -0.2) is 40.7 Å². The molecular formula is C95H183N7O. The van der Waals surface area contributed by atoms with E-state index in [0.29, 0.717) is 34.7 Å². The number of aromatic amines is 1. The molecule has 0 unspecified atom stereocenters. The quantitative estimate of drug-likeness (QED) is 0.0229. The van der Waals surface area contributed by atoms with Crippen LogP contribution in [0.1, 0.15) is 345 Å². The Balaban J connectivity index is -0.000000161. The Kier molecular flexibility index (Phi) is 81.8. The number of pyridine rings is 1. The summed E-state index contributed by atoms with van der Waals surface area (Å²) >= 11 is 0. The van der Waals surface area contributed by atoms with Gasteiger partial charge in [-0.05, 0) is 169 Å². The Bertz CT molecular complexity index is 2500. The first-order chi connectivity index (χ1) is 47.5. The van der Waals surface area contributed by atoms with Gasteiger partial charge in [-0.15, -0.1) is 0 Å².